The number of carbonyl (C=O) groups is 2. The van der Waals surface area contributed by atoms with Gasteiger partial charge in [0.15, 0.2) is 5.82 Å². The van der Waals surface area contributed by atoms with E-state index in [9.17, 15) is 9.59 Å². The lowest BCUT2D eigenvalue weighted by atomic mass is 9.86. The minimum absolute atomic E-state index is 0.0296. The third kappa shape index (κ3) is 4.44. The van der Waals surface area contributed by atoms with E-state index >= 15 is 0 Å². The molecule has 7 heteroatoms. The van der Waals surface area contributed by atoms with Gasteiger partial charge in [0, 0.05) is 45.5 Å². The van der Waals surface area contributed by atoms with Crippen LogP contribution in [0.15, 0.2) is 0 Å². The fourth-order valence-corrected chi connectivity index (χ4v) is 5.31. The van der Waals surface area contributed by atoms with Crippen molar-refractivity contribution in [3.8, 4) is 0 Å². The Hall–Kier alpha value is -2.18. The zero-order valence-corrected chi connectivity index (χ0v) is 18.5. The topological polar surface area (TPSA) is 78.4 Å². The van der Waals surface area contributed by atoms with E-state index in [1.807, 2.05) is 11.9 Å². The van der Waals surface area contributed by atoms with Crippen molar-refractivity contribution in [2.75, 3.05) is 25.5 Å². The van der Waals surface area contributed by atoms with Crippen molar-refractivity contribution in [2.24, 2.45) is 5.92 Å². The van der Waals surface area contributed by atoms with Crippen LogP contribution in [0.4, 0.5) is 5.82 Å². The van der Waals surface area contributed by atoms with Gasteiger partial charge in [0.05, 0.1) is 18.3 Å². The van der Waals surface area contributed by atoms with Gasteiger partial charge in [-0.25, -0.2) is 9.97 Å². The number of hydrogen-bond donors (Lipinski definition) is 1. The first-order chi connectivity index (χ1) is 14.6. The highest BCUT2D eigenvalue weighted by Crippen LogP contribution is 2.34. The Balaban J connectivity index is 1.56. The number of anilines is 1. The molecule has 0 aromatic carbocycles. The Morgan fingerprint density at radius 1 is 1.03 bits per heavy atom. The summed E-state index contributed by atoms with van der Waals surface area (Å²) >= 11 is 0. The third-order valence-corrected chi connectivity index (χ3v) is 7.07. The van der Waals surface area contributed by atoms with Gasteiger partial charge in [-0.3, -0.25) is 9.59 Å². The Morgan fingerprint density at radius 3 is 2.53 bits per heavy atom. The third-order valence-electron chi connectivity index (χ3n) is 7.07. The van der Waals surface area contributed by atoms with E-state index in [0.29, 0.717) is 25.4 Å². The summed E-state index contributed by atoms with van der Waals surface area (Å²) in [7, 11) is 1.87. The van der Waals surface area contributed by atoms with Crippen LogP contribution in [0, 0.1) is 5.92 Å². The quantitative estimate of drug-likeness (QED) is 0.818. The molecule has 0 unspecified atom stereocenters. The van der Waals surface area contributed by atoms with Crippen LogP contribution in [0.2, 0.25) is 0 Å². The highest BCUT2D eigenvalue weighted by atomic mass is 16.2. The zero-order chi connectivity index (χ0) is 21.1. The lowest BCUT2D eigenvalue weighted by molar-refractivity contribution is -0.136. The number of amides is 2. The fraction of sp³-hybridized carbons (Fsp3) is 0.739. The van der Waals surface area contributed by atoms with Crippen molar-refractivity contribution in [1.82, 2.24) is 19.8 Å². The number of nitrogens with one attached hydrogen (secondary N) is 1. The lowest BCUT2D eigenvalue weighted by Crippen LogP contribution is -2.41. The molecule has 1 aromatic heterocycles. The number of likely N-dealkylation sites (tertiary alicyclic amines) is 1. The van der Waals surface area contributed by atoms with Gasteiger partial charge >= 0.3 is 0 Å². The molecule has 2 fully saturated rings. The van der Waals surface area contributed by atoms with Gasteiger partial charge in [-0.1, -0.05) is 19.3 Å². The van der Waals surface area contributed by atoms with Crippen LogP contribution < -0.4 is 5.32 Å². The van der Waals surface area contributed by atoms with Crippen molar-refractivity contribution < 1.29 is 9.59 Å². The molecule has 1 aromatic rings. The first kappa shape index (κ1) is 21.1. The molecule has 1 N–H and O–H groups in total. The van der Waals surface area contributed by atoms with Crippen LogP contribution in [0.3, 0.4) is 0 Å². The normalized spacial score (nSPS) is 22.5. The lowest BCUT2D eigenvalue weighted by Gasteiger charge is -2.37. The summed E-state index contributed by atoms with van der Waals surface area (Å²) in [6.45, 7) is 3.66. The number of fused-ring (bicyclic) bond motifs is 1. The molecule has 1 atom stereocenters. The maximum absolute atomic E-state index is 13.2. The SMILES string of the molecule is CNc1nc([C@@H]2CCCCN2C(=O)CC2CCCCC2)nc2c1CN(C(C)=O)CC2. The maximum Gasteiger partial charge on any atom is 0.223 e. The van der Waals surface area contributed by atoms with E-state index < -0.39 is 0 Å². The number of aromatic nitrogens is 2. The number of piperidine rings is 1. The Kier molecular flexibility index (Phi) is 6.54. The zero-order valence-electron chi connectivity index (χ0n) is 18.5. The number of nitrogens with zero attached hydrogens (tertiary/aromatic N) is 4. The molecule has 4 rings (SSSR count). The molecular weight excluding hydrogens is 378 g/mol. The molecule has 3 aliphatic rings. The minimum Gasteiger partial charge on any atom is -0.373 e. The van der Waals surface area contributed by atoms with Crippen molar-refractivity contribution in [2.45, 2.75) is 83.7 Å². The molecule has 0 radical (unpaired) electrons. The summed E-state index contributed by atoms with van der Waals surface area (Å²) in [4.78, 5) is 38.7. The standard InChI is InChI=1S/C23H35N5O2/c1-16(29)27-13-11-19-18(15-27)22(24-2)26-23(25-19)20-10-6-7-12-28(20)21(30)14-17-8-4-3-5-9-17/h17,20H,3-15H2,1-2H3,(H,24,25,26)/t20-/m0/s1. The molecule has 3 heterocycles. The number of hydrogen-bond acceptors (Lipinski definition) is 5. The molecule has 7 nitrogen and oxygen atoms in total. The van der Waals surface area contributed by atoms with Crippen LogP contribution in [-0.4, -0.2) is 51.7 Å². The summed E-state index contributed by atoms with van der Waals surface area (Å²) in [6.07, 6.45) is 10.7. The Bertz CT molecular complexity index is 773. The molecule has 0 spiro atoms. The first-order valence-electron chi connectivity index (χ1n) is 11.7. The molecule has 1 saturated carbocycles. The van der Waals surface area contributed by atoms with Crippen LogP contribution in [0.25, 0.3) is 0 Å². The summed E-state index contributed by atoms with van der Waals surface area (Å²) in [5.41, 5.74) is 2.03. The molecule has 1 saturated heterocycles. The average Bonchev–Trinajstić information content (AvgIpc) is 2.78. The number of rotatable bonds is 4. The summed E-state index contributed by atoms with van der Waals surface area (Å²) in [5.74, 6) is 2.47. The molecule has 2 amide bonds. The summed E-state index contributed by atoms with van der Waals surface area (Å²) in [5, 5.41) is 3.21. The summed E-state index contributed by atoms with van der Waals surface area (Å²) in [6, 6.07) is -0.0296. The van der Waals surface area contributed by atoms with Gasteiger partial charge in [0.2, 0.25) is 11.8 Å². The monoisotopic (exact) mass is 413 g/mol. The Labute approximate surface area is 179 Å². The predicted octanol–water partition coefficient (Wildman–Crippen LogP) is 3.45. The van der Waals surface area contributed by atoms with Gasteiger partial charge in [0.1, 0.15) is 5.82 Å². The molecule has 164 valence electrons. The van der Waals surface area contributed by atoms with Crippen LogP contribution in [0.1, 0.15) is 87.8 Å². The fourth-order valence-electron chi connectivity index (χ4n) is 5.31. The van der Waals surface area contributed by atoms with Crippen LogP contribution >= 0.6 is 0 Å². The van der Waals surface area contributed by atoms with E-state index in [1.165, 1.54) is 32.1 Å². The van der Waals surface area contributed by atoms with Crippen LogP contribution in [-0.2, 0) is 22.6 Å². The van der Waals surface area contributed by atoms with Crippen molar-refractivity contribution in [3.05, 3.63) is 17.1 Å². The van der Waals surface area contributed by atoms with Gasteiger partial charge in [0.25, 0.3) is 0 Å². The number of carbonyl (C=O) groups excluding carboxylic acids is 2. The van der Waals surface area contributed by atoms with Gasteiger partial charge < -0.3 is 15.1 Å². The van der Waals surface area contributed by atoms with Gasteiger partial charge in [-0.15, -0.1) is 0 Å². The average molecular weight is 414 g/mol. The first-order valence-corrected chi connectivity index (χ1v) is 11.7. The molecule has 1 aliphatic carbocycles. The molecule has 30 heavy (non-hydrogen) atoms. The van der Waals surface area contributed by atoms with Gasteiger partial charge in [-0.2, -0.15) is 0 Å². The molecule has 0 bridgehead atoms. The maximum atomic E-state index is 13.2. The van der Waals surface area contributed by atoms with Crippen LogP contribution in [0.5, 0.6) is 0 Å². The predicted molar refractivity (Wildman–Crippen MR) is 116 cm³/mol. The smallest absolute Gasteiger partial charge is 0.223 e. The van der Waals surface area contributed by atoms with E-state index in [-0.39, 0.29) is 17.9 Å². The van der Waals surface area contributed by atoms with E-state index in [1.54, 1.807) is 6.92 Å². The van der Waals surface area contributed by atoms with Crippen molar-refractivity contribution >= 4 is 17.6 Å². The second-order valence-electron chi connectivity index (χ2n) is 9.10. The van der Waals surface area contributed by atoms with E-state index in [2.05, 4.69) is 10.2 Å². The highest BCUT2D eigenvalue weighted by Gasteiger charge is 2.33. The summed E-state index contributed by atoms with van der Waals surface area (Å²) < 4.78 is 0. The second kappa shape index (κ2) is 9.31. The van der Waals surface area contributed by atoms with Crippen molar-refractivity contribution in [3.63, 3.8) is 0 Å². The minimum atomic E-state index is -0.0296. The molecule has 2 aliphatic heterocycles. The second-order valence-corrected chi connectivity index (χ2v) is 9.10. The van der Waals surface area contributed by atoms with E-state index in [0.717, 1.165) is 55.1 Å². The largest absolute Gasteiger partial charge is 0.373 e. The van der Waals surface area contributed by atoms with Crippen molar-refractivity contribution in [1.29, 1.82) is 0 Å². The highest BCUT2D eigenvalue weighted by molar-refractivity contribution is 5.77. The van der Waals surface area contributed by atoms with E-state index in [4.69, 9.17) is 9.97 Å². The van der Waals surface area contributed by atoms with Gasteiger partial charge in [-0.05, 0) is 38.0 Å². The Morgan fingerprint density at radius 2 is 1.80 bits per heavy atom. The molecular formula is C23H35N5O2.